The molecule has 9 rings (SSSR count). The molecule has 2 nitrogen and oxygen atoms in total. The van der Waals surface area contributed by atoms with Crippen LogP contribution >= 0.6 is 0 Å². The van der Waals surface area contributed by atoms with Crippen molar-refractivity contribution in [3.8, 4) is 33.4 Å². The summed E-state index contributed by atoms with van der Waals surface area (Å²) in [6, 6.07) is 66.9. The van der Waals surface area contributed by atoms with Gasteiger partial charge in [0.1, 0.15) is 11.2 Å². The maximum atomic E-state index is 6.19. The van der Waals surface area contributed by atoms with Gasteiger partial charge < -0.3 is 9.32 Å². The fourth-order valence-electron chi connectivity index (χ4n) is 6.86. The summed E-state index contributed by atoms with van der Waals surface area (Å²) in [5.74, 6) is 0. The van der Waals surface area contributed by atoms with Gasteiger partial charge in [-0.25, -0.2) is 0 Å². The van der Waals surface area contributed by atoms with Crippen molar-refractivity contribution in [2.24, 2.45) is 0 Å². The van der Waals surface area contributed by atoms with Crippen molar-refractivity contribution in [1.82, 2.24) is 0 Å². The summed E-state index contributed by atoms with van der Waals surface area (Å²) in [5.41, 5.74) is 12.3. The van der Waals surface area contributed by atoms with Gasteiger partial charge >= 0.3 is 0 Å². The lowest BCUT2D eigenvalue weighted by Gasteiger charge is -2.26. The molecule has 1 aromatic heterocycles. The van der Waals surface area contributed by atoms with E-state index in [4.69, 9.17) is 4.42 Å². The third-order valence-corrected chi connectivity index (χ3v) is 9.26. The van der Waals surface area contributed by atoms with Crippen LogP contribution in [0.4, 0.5) is 17.1 Å². The topological polar surface area (TPSA) is 16.4 Å². The Morgan fingerprint density at radius 1 is 0.312 bits per heavy atom. The predicted molar refractivity (Wildman–Crippen MR) is 202 cm³/mol. The molecule has 0 aliphatic carbocycles. The number of fused-ring (bicyclic) bond motifs is 5. The highest BCUT2D eigenvalue weighted by molar-refractivity contribution is 6.19. The second-order valence-corrected chi connectivity index (χ2v) is 12.2. The van der Waals surface area contributed by atoms with Gasteiger partial charge in [-0.15, -0.1) is 0 Å². The Kier molecular flexibility index (Phi) is 6.84. The van der Waals surface area contributed by atoms with Crippen molar-refractivity contribution in [2.75, 3.05) is 4.90 Å². The highest BCUT2D eigenvalue weighted by Crippen LogP contribution is 2.39. The Morgan fingerprint density at radius 2 is 0.833 bits per heavy atom. The Morgan fingerprint density at radius 3 is 1.60 bits per heavy atom. The first kappa shape index (κ1) is 27.9. The maximum Gasteiger partial charge on any atom is 0.136 e. The van der Waals surface area contributed by atoms with Crippen molar-refractivity contribution >= 4 is 49.8 Å². The number of anilines is 3. The highest BCUT2D eigenvalue weighted by Gasteiger charge is 2.15. The van der Waals surface area contributed by atoms with Crippen molar-refractivity contribution in [3.63, 3.8) is 0 Å². The molecule has 0 amide bonds. The van der Waals surface area contributed by atoms with Gasteiger partial charge in [0, 0.05) is 27.8 Å². The van der Waals surface area contributed by atoms with Crippen molar-refractivity contribution in [3.05, 3.63) is 188 Å². The second kappa shape index (κ2) is 11.8. The van der Waals surface area contributed by atoms with Gasteiger partial charge in [-0.2, -0.15) is 0 Å². The molecule has 0 bridgehead atoms. The molecular weight excluding hydrogens is 583 g/mol. The van der Waals surface area contributed by atoms with Crippen molar-refractivity contribution in [1.29, 1.82) is 0 Å². The van der Waals surface area contributed by atoms with Crippen LogP contribution in [0.15, 0.2) is 192 Å². The number of hydrogen-bond acceptors (Lipinski definition) is 2. The Labute approximate surface area is 279 Å². The average molecular weight is 614 g/mol. The Bertz CT molecular complexity index is 2530. The lowest BCUT2D eigenvalue weighted by molar-refractivity contribution is 0.669. The summed E-state index contributed by atoms with van der Waals surface area (Å²) >= 11 is 0. The van der Waals surface area contributed by atoms with E-state index >= 15 is 0 Å². The van der Waals surface area contributed by atoms with Crippen LogP contribution in [0.25, 0.3) is 66.1 Å². The third kappa shape index (κ3) is 5.01. The zero-order chi connectivity index (χ0) is 31.9. The number of para-hydroxylation sites is 2. The summed E-state index contributed by atoms with van der Waals surface area (Å²) in [6.07, 6.45) is 0. The fourth-order valence-corrected chi connectivity index (χ4v) is 6.86. The van der Waals surface area contributed by atoms with Crippen LogP contribution in [0.5, 0.6) is 0 Å². The van der Waals surface area contributed by atoms with Crippen LogP contribution in [-0.4, -0.2) is 0 Å². The zero-order valence-corrected chi connectivity index (χ0v) is 26.3. The van der Waals surface area contributed by atoms with Gasteiger partial charge in [0.25, 0.3) is 0 Å². The SMILES string of the molecule is c1ccc(-c2ccc(-c3cccc(N(c4ccccc4)c4ccc(-c5ccc6ccc7oc8ccccc8c7c6c5)cc4)c3)cc2)cc1. The normalized spacial score (nSPS) is 11.3. The minimum atomic E-state index is 0.920. The quantitative estimate of drug-likeness (QED) is 0.185. The molecule has 48 heavy (non-hydrogen) atoms. The van der Waals surface area contributed by atoms with Crippen LogP contribution in [0.1, 0.15) is 0 Å². The number of rotatable bonds is 6. The lowest BCUT2D eigenvalue weighted by atomic mass is 9.97. The fraction of sp³-hybridized carbons (Fsp3) is 0. The molecule has 0 saturated heterocycles. The van der Waals surface area contributed by atoms with Crippen LogP contribution in [0.3, 0.4) is 0 Å². The monoisotopic (exact) mass is 613 g/mol. The molecular formula is C46H31NO. The van der Waals surface area contributed by atoms with Gasteiger partial charge in [-0.1, -0.05) is 133 Å². The van der Waals surface area contributed by atoms with Crippen LogP contribution in [0.2, 0.25) is 0 Å². The van der Waals surface area contributed by atoms with Gasteiger partial charge in [-0.3, -0.25) is 0 Å². The Hall–Kier alpha value is -6.38. The van der Waals surface area contributed by atoms with E-state index in [-0.39, 0.29) is 0 Å². The zero-order valence-electron chi connectivity index (χ0n) is 26.3. The molecule has 0 N–H and O–H groups in total. The van der Waals surface area contributed by atoms with E-state index in [1.807, 2.05) is 12.1 Å². The molecule has 0 aliphatic heterocycles. The van der Waals surface area contributed by atoms with Gasteiger partial charge in [0.2, 0.25) is 0 Å². The van der Waals surface area contributed by atoms with E-state index in [9.17, 15) is 0 Å². The number of benzene rings is 8. The van der Waals surface area contributed by atoms with Crippen LogP contribution < -0.4 is 4.90 Å². The minimum absolute atomic E-state index is 0.920. The van der Waals surface area contributed by atoms with Gasteiger partial charge in [0.05, 0.1) is 0 Å². The summed E-state index contributed by atoms with van der Waals surface area (Å²) in [6.45, 7) is 0. The largest absolute Gasteiger partial charge is 0.456 e. The summed E-state index contributed by atoms with van der Waals surface area (Å²) in [5, 5.41) is 4.74. The lowest BCUT2D eigenvalue weighted by Crippen LogP contribution is -2.09. The molecule has 226 valence electrons. The van der Waals surface area contributed by atoms with Crippen LogP contribution in [0, 0.1) is 0 Å². The molecule has 9 aromatic rings. The first-order valence-corrected chi connectivity index (χ1v) is 16.3. The summed E-state index contributed by atoms with van der Waals surface area (Å²) in [7, 11) is 0. The van der Waals surface area contributed by atoms with Crippen LogP contribution in [-0.2, 0) is 0 Å². The first-order chi connectivity index (χ1) is 23.8. The third-order valence-electron chi connectivity index (χ3n) is 9.26. The summed E-state index contributed by atoms with van der Waals surface area (Å²) < 4.78 is 6.19. The average Bonchev–Trinajstić information content (AvgIpc) is 3.55. The molecule has 0 saturated carbocycles. The molecule has 0 atom stereocenters. The van der Waals surface area contributed by atoms with Crippen molar-refractivity contribution in [2.45, 2.75) is 0 Å². The molecule has 0 unspecified atom stereocenters. The van der Waals surface area contributed by atoms with E-state index < -0.39 is 0 Å². The number of furan rings is 1. The molecule has 0 radical (unpaired) electrons. The molecule has 0 fully saturated rings. The van der Waals surface area contributed by atoms with E-state index in [0.717, 1.165) is 33.6 Å². The molecule has 0 spiro atoms. The van der Waals surface area contributed by atoms with Gasteiger partial charge in [-0.05, 0) is 98.8 Å². The maximum absolute atomic E-state index is 6.19. The van der Waals surface area contributed by atoms with E-state index in [0.29, 0.717) is 0 Å². The van der Waals surface area contributed by atoms with E-state index in [1.165, 1.54) is 49.5 Å². The van der Waals surface area contributed by atoms with E-state index in [2.05, 4.69) is 181 Å². The standard InChI is InChI=1S/C46H31NO/c1-3-10-32(11-4-1)33-18-20-34(21-19-33)37-12-9-15-41(30-37)47(39-13-5-2-6-14-39)40-27-24-35(25-28-40)38-23-22-36-26-29-45-46(43(36)31-38)42-16-7-8-17-44(42)48-45/h1-31H. The second-order valence-electron chi connectivity index (χ2n) is 12.2. The molecule has 0 aliphatic rings. The molecule has 2 heteroatoms. The molecule has 8 aromatic carbocycles. The van der Waals surface area contributed by atoms with Crippen molar-refractivity contribution < 1.29 is 4.42 Å². The Balaban J connectivity index is 1.08. The molecule has 1 heterocycles. The minimum Gasteiger partial charge on any atom is -0.456 e. The highest BCUT2D eigenvalue weighted by atomic mass is 16.3. The predicted octanol–water partition coefficient (Wildman–Crippen LogP) is 13.2. The summed E-state index contributed by atoms with van der Waals surface area (Å²) in [4.78, 5) is 2.33. The smallest absolute Gasteiger partial charge is 0.136 e. The van der Waals surface area contributed by atoms with Gasteiger partial charge in [0.15, 0.2) is 0 Å². The number of hydrogen-bond donors (Lipinski definition) is 0. The first-order valence-electron chi connectivity index (χ1n) is 16.3. The number of nitrogens with zero attached hydrogens (tertiary/aromatic N) is 1. The van der Waals surface area contributed by atoms with E-state index in [1.54, 1.807) is 0 Å².